The van der Waals surface area contributed by atoms with Crippen molar-refractivity contribution in [2.75, 3.05) is 47.1 Å². The summed E-state index contributed by atoms with van der Waals surface area (Å²) < 4.78 is 30.8. The average Bonchev–Trinajstić information content (AvgIpc) is 3.48. The maximum Gasteiger partial charge on any atom is 0.407 e. The van der Waals surface area contributed by atoms with E-state index in [-0.39, 0.29) is 12.0 Å². The maximum absolute atomic E-state index is 11.8. The van der Waals surface area contributed by atoms with Crippen LogP contribution in [0.3, 0.4) is 0 Å². The first-order valence-electron chi connectivity index (χ1n) is 15.5. The second-order valence-electron chi connectivity index (χ2n) is 11.2. The first-order chi connectivity index (χ1) is 22.1. The van der Waals surface area contributed by atoms with Crippen molar-refractivity contribution in [3.8, 4) is 11.5 Å². The predicted octanol–water partition coefficient (Wildman–Crippen LogP) is 6.12. The molecule has 10 heteroatoms. The SMILES string of the molecule is COCCCn1ncc2ccc(COC3CN(C(=O)O)CCC3c3ccc(OCCCOCc4ccccc4OC)cc3)cc21. The molecular weight excluding hydrogens is 574 g/mol. The molecular formula is C35H43N3O7. The lowest BCUT2D eigenvalue weighted by molar-refractivity contribution is -0.0199. The molecule has 1 saturated heterocycles. The van der Waals surface area contributed by atoms with Crippen molar-refractivity contribution in [3.63, 3.8) is 0 Å². The van der Waals surface area contributed by atoms with Gasteiger partial charge in [0, 0.05) is 50.1 Å². The van der Waals surface area contributed by atoms with Crippen molar-refractivity contribution < 1.29 is 33.6 Å². The number of likely N-dealkylation sites (tertiary alicyclic amines) is 1. The quantitative estimate of drug-likeness (QED) is 0.150. The van der Waals surface area contributed by atoms with Crippen molar-refractivity contribution in [1.29, 1.82) is 0 Å². The van der Waals surface area contributed by atoms with Gasteiger partial charge in [0.2, 0.25) is 0 Å². The fourth-order valence-electron chi connectivity index (χ4n) is 5.75. The Labute approximate surface area is 264 Å². The van der Waals surface area contributed by atoms with E-state index in [2.05, 4.69) is 29.4 Å². The molecule has 1 fully saturated rings. The zero-order valence-electron chi connectivity index (χ0n) is 26.1. The van der Waals surface area contributed by atoms with Crippen LogP contribution in [0.2, 0.25) is 0 Å². The van der Waals surface area contributed by atoms with Gasteiger partial charge in [0.05, 0.1) is 57.9 Å². The van der Waals surface area contributed by atoms with Crippen LogP contribution >= 0.6 is 0 Å². The number of carbonyl (C=O) groups is 1. The number of aryl methyl sites for hydroxylation is 1. The number of methoxy groups -OCH3 is 2. The van der Waals surface area contributed by atoms with Gasteiger partial charge in [-0.25, -0.2) is 4.79 Å². The Hall–Kier alpha value is -4.12. The topological polar surface area (TPSA) is 105 Å². The molecule has 2 atom stereocenters. The van der Waals surface area contributed by atoms with Gasteiger partial charge < -0.3 is 33.7 Å². The first-order valence-corrected chi connectivity index (χ1v) is 15.5. The van der Waals surface area contributed by atoms with E-state index < -0.39 is 6.09 Å². The third-order valence-electron chi connectivity index (χ3n) is 8.18. The Morgan fingerprint density at radius 2 is 1.82 bits per heavy atom. The number of hydrogen-bond donors (Lipinski definition) is 1. The van der Waals surface area contributed by atoms with E-state index in [0.29, 0.717) is 52.5 Å². The Bertz CT molecular complexity index is 1510. The molecule has 0 aliphatic carbocycles. The molecule has 1 aliphatic rings. The van der Waals surface area contributed by atoms with Crippen LogP contribution in [0.1, 0.15) is 41.9 Å². The Morgan fingerprint density at radius 3 is 2.62 bits per heavy atom. The zero-order valence-corrected chi connectivity index (χ0v) is 26.1. The zero-order chi connectivity index (χ0) is 31.4. The molecule has 10 nitrogen and oxygen atoms in total. The van der Waals surface area contributed by atoms with Crippen molar-refractivity contribution in [2.45, 2.75) is 51.0 Å². The molecule has 1 amide bonds. The summed E-state index contributed by atoms with van der Waals surface area (Å²) >= 11 is 0. The highest BCUT2D eigenvalue weighted by Crippen LogP contribution is 2.32. The Morgan fingerprint density at radius 1 is 0.978 bits per heavy atom. The number of para-hydroxylation sites is 1. The normalized spacial score (nSPS) is 16.6. The first kappa shape index (κ1) is 32.3. The fourth-order valence-corrected chi connectivity index (χ4v) is 5.75. The van der Waals surface area contributed by atoms with Gasteiger partial charge in [-0.15, -0.1) is 0 Å². The number of aromatic nitrogens is 2. The van der Waals surface area contributed by atoms with E-state index >= 15 is 0 Å². The highest BCUT2D eigenvalue weighted by molar-refractivity contribution is 5.79. The van der Waals surface area contributed by atoms with Gasteiger partial charge in [-0.1, -0.05) is 42.5 Å². The third kappa shape index (κ3) is 8.75. The molecule has 1 aromatic heterocycles. The van der Waals surface area contributed by atoms with E-state index in [1.807, 2.05) is 53.3 Å². The second kappa shape index (κ2) is 16.3. The van der Waals surface area contributed by atoms with Crippen LogP contribution in [0.25, 0.3) is 10.9 Å². The number of carboxylic acid groups (broad SMARTS) is 1. The number of fused-ring (bicyclic) bond motifs is 1. The van der Waals surface area contributed by atoms with Crippen LogP contribution in [0.15, 0.2) is 72.9 Å². The minimum atomic E-state index is -0.918. The lowest BCUT2D eigenvalue weighted by atomic mass is 9.87. The molecule has 45 heavy (non-hydrogen) atoms. The molecule has 1 N–H and O–H groups in total. The summed E-state index contributed by atoms with van der Waals surface area (Å²) in [5.74, 6) is 1.69. The van der Waals surface area contributed by atoms with Gasteiger partial charge in [0.1, 0.15) is 11.5 Å². The Kier molecular flexibility index (Phi) is 11.7. The summed E-state index contributed by atoms with van der Waals surface area (Å²) in [5.41, 5.74) is 4.22. The summed E-state index contributed by atoms with van der Waals surface area (Å²) in [5, 5.41) is 15.3. The van der Waals surface area contributed by atoms with Crippen molar-refractivity contribution >= 4 is 17.0 Å². The fraction of sp³-hybridized carbons (Fsp3) is 0.429. The summed E-state index contributed by atoms with van der Waals surface area (Å²) in [7, 11) is 3.36. The number of nitrogens with zero attached hydrogens (tertiary/aromatic N) is 3. The maximum atomic E-state index is 11.8. The summed E-state index contributed by atoms with van der Waals surface area (Å²) in [6.07, 6.45) is 3.01. The van der Waals surface area contributed by atoms with Crippen molar-refractivity contribution in [3.05, 3.63) is 89.6 Å². The number of ether oxygens (including phenoxy) is 5. The van der Waals surface area contributed by atoms with E-state index in [1.54, 1.807) is 14.2 Å². The summed E-state index contributed by atoms with van der Waals surface area (Å²) in [4.78, 5) is 13.3. The Balaban J connectivity index is 1.14. The van der Waals surface area contributed by atoms with Crippen molar-refractivity contribution in [1.82, 2.24) is 14.7 Å². The van der Waals surface area contributed by atoms with Crippen LogP contribution in [-0.2, 0) is 34.0 Å². The van der Waals surface area contributed by atoms with Gasteiger partial charge in [-0.3, -0.25) is 4.68 Å². The number of hydrogen-bond acceptors (Lipinski definition) is 7. The minimum Gasteiger partial charge on any atom is -0.496 e. The minimum absolute atomic E-state index is 0.0707. The summed E-state index contributed by atoms with van der Waals surface area (Å²) in [6.45, 7) is 4.26. The van der Waals surface area contributed by atoms with Crippen LogP contribution in [0.5, 0.6) is 11.5 Å². The molecule has 2 unspecified atom stereocenters. The molecule has 0 bridgehead atoms. The van der Waals surface area contributed by atoms with E-state index in [0.717, 1.165) is 58.5 Å². The summed E-state index contributed by atoms with van der Waals surface area (Å²) in [6, 6.07) is 22.1. The second-order valence-corrected chi connectivity index (χ2v) is 11.2. The number of rotatable bonds is 16. The van der Waals surface area contributed by atoms with Gasteiger partial charge >= 0.3 is 6.09 Å². The third-order valence-corrected chi connectivity index (χ3v) is 8.18. The van der Waals surface area contributed by atoms with Gasteiger partial charge in [-0.2, -0.15) is 5.10 Å². The molecule has 3 aromatic carbocycles. The molecule has 0 radical (unpaired) electrons. The average molecular weight is 618 g/mol. The molecule has 2 heterocycles. The molecule has 240 valence electrons. The predicted molar refractivity (Wildman–Crippen MR) is 171 cm³/mol. The lowest BCUT2D eigenvalue weighted by Crippen LogP contribution is -2.46. The van der Waals surface area contributed by atoms with Gasteiger partial charge in [0.15, 0.2) is 0 Å². The molecule has 5 rings (SSSR count). The van der Waals surface area contributed by atoms with E-state index in [1.165, 1.54) is 4.90 Å². The molecule has 1 aliphatic heterocycles. The van der Waals surface area contributed by atoms with Crippen molar-refractivity contribution in [2.24, 2.45) is 0 Å². The lowest BCUT2D eigenvalue weighted by Gasteiger charge is -2.37. The van der Waals surface area contributed by atoms with Crippen LogP contribution < -0.4 is 9.47 Å². The molecule has 0 spiro atoms. The highest BCUT2D eigenvalue weighted by Gasteiger charge is 2.33. The molecule has 0 saturated carbocycles. The largest absolute Gasteiger partial charge is 0.496 e. The van der Waals surface area contributed by atoms with E-state index in [9.17, 15) is 9.90 Å². The van der Waals surface area contributed by atoms with Crippen LogP contribution in [0.4, 0.5) is 4.79 Å². The van der Waals surface area contributed by atoms with E-state index in [4.69, 9.17) is 23.7 Å². The van der Waals surface area contributed by atoms with Crippen LogP contribution in [-0.4, -0.2) is 79.1 Å². The van der Waals surface area contributed by atoms with Gasteiger partial charge in [-0.05, 0) is 48.2 Å². The standard InChI is InChI=1S/C35H43N3O7/c1-41-18-5-16-38-32-21-26(9-10-28(32)22-36-38)24-45-34-23-37(35(39)40)17-15-31(34)27-11-13-30(14-12-27)44-20-6-19-43-25-29-7-3-4-8-33(29)42-2/h3-4,7-14,21-22,31,34H,5-6,15-20,23-25H2,1-2H3,(H,39,40). The monoisotopic (exact) mass is 617 g/mol. The number of piperidine rings is 1. The highest BCUT2D eigenvalue weighted by atomic mass is 16.5. The smallest absolute Gasteiger partial charge is 0.407 e. The molecule has 4 aromatic rings. The number of benzene rings is 3. The van der Waals surface area contributed by atoms with Crippen LogP contribution in [0, 0.1) is 0 Å². The van der Waals surface area contributed by atoms with Gasteiger partial charge in [0.25, 0.3) is 0 Å². The number of amides is 1.